The molecule has 194 valence electrons. The zero-order chi connectivity index (χ0) is 26.1. The number of hydrogen-bond acceptors (Lipinski definition) is 5. The maximum atomic E-state index is 9.69. The molecule has 0 bridgehead atoms. The summed E-state index contributed by atoms with van der Waals surface area (Å²) in [6.45, 7) is 6.71. The van der Waals surface area contributed by atoms with Crippen molar-refractivity contribution in [2.45, 2.75) is 52.4 Å². The van der Waals surface area contributed by atoms with Crippen molar-refractivity contribution in [2.75, 3.05) is 18.0 Å². The second kappa shape index (κ2) is 10.6. The average Bonchev–Trinajstić information content (AvgIpc) is 3.64. The van der Waals surface area contributed by atoms with Crippen LogP contribution in [0.1, 0.15) is 56.2 Å². The number of nitriles is 1. The third kappa shape index (κ3) is 5.03. The first-order chi connectivity index (χ1) is 18.6. The number of nitrogens with zero attached hydrogens (tertiary/aromatic N) is 6. The highest BCUT2D eigenvalue weighted by Crippen LogP contribution is 2.44. The molecule has 4 aromatic heterocycles. The summed E-state index contributed by atoms with van der Waals surface area (Å²) in [6, 6.07) is 13.1. The molecule has 2 fully saturated rings. The number of rotatable bonds is 8. The monoisotopic (exact) mass is 504 g/mol. The molecular weight excluding hydrogens is 468 g/mol. The van der Waals surface area contributed by atoms with Gasteiger partial charge in [0, 0.05) is 49.0 Å². The van der Waals surface area contributed by atoms with Gasteiger partial charge in [-0.3, -0.25) is 4.98 Å². The Kier molecular flexibility index (Phi) is 6.84. The standard InChI is InChI=1S/C32H36N6/c1-22(2)5-6-25-14-30(32-29(15-33)18-36-38(32)19-25)26-9-10-31(35-17-26)37-20-27-12-24(13-28(27)21-37)8-7-23-4-3-11-34-16-23/h3-4,9-11,14,16-19,22,24,27-28H,5-8,12-13,20-21H2,1-2H3. The van der Waals surface area contributed by atoms with E-state index in [1.165, 1.54) is 30.4 Å². The number of anilines is 1. The van der Waals surface area contributed by atoms with E-state index in [0.717, 1.165) is 72.6 Å². The lowest BCUT2D eigenvalue weighted by Gasteiger charge is -2.20. The third-order valence-corrected chi connectivity index (χ3v) is 8.59. The fraction of sp³-hybridized carbons (Fsp3) is 0.438. The smallest absolute Gasteiger partial charge is 0.128 e. The van der Waals surface area contributed by atoms with Gasteiger partial charge in [0.1, 0.15) is 11.9 Å². The van der Waals surface area contributed by atoms with E-state index in [9.17, 15) is 5.26 Å². The van der Waals surface area contributed by atoms with Crippen LogP contribution in [0.25, 0.3) is 16.6 Å². The van der Waals surface area contributed by atoms with Crippen LogP contribution in [0.2, 0.25) is 0 Å². The first-order valence-corrected chi connectivity index (χ1v) is 14.1. The lowest BCUT2D eigenvalue weighted by atomic mass is 9.97. The van der Waals surface area contributed by atoms with Crippen LogP contribution in [-0.2, 0) is 12.8 Å². The highest BCUT2D eigenvalue weighted by Gasteiger charge is 2.40. The fourth-order valence-corrected chi connectivity index (χ4v) is 6.57. The second-order valence-corrected chi connectivity index (χ2v) is 11.7. The molecule has 0 aromatic carbocycles. The molecular formula is C32H36N6. The largest absolute Gasteiger partial charge is 0.356 e. The lowest BCUT2D eigenvalue weighted by molar-refractivity contribution is 0.466. The minimum Gasteiger partial charge on any atom is -0.356 e. The van der Waals surface area contributed by atoms with E-state index in [0.29, 0.717) is 11.5 Å². The average molecular weight is 505 g/mol. The number of pyridine rings is 3. The first-order valence-electron chi connectivity index (χ1n) is 14.1. The van der Waals surface area contributed by atoms with Crippen molar-refractivity contribution >= 4 is 11.3 Å². The van der Waals surface area contributed by atoms with Crippen LogP contribution in [0.3, 0.4) is 0 Å². The normalized spacial score (nSPS) is 20.8. The summed E-state index contributed by atoms with van der Waals surface area (Å²) in [6.07, 6.45) is 16.8. The van der Waals surface area contributed by atoms with E-state index < -0.39 is 0 Å². The molecule has 2 unspecified atom stereocenters. The van der Waals surface area contributed by atoms with Gasteiger partial charge in [0.05, 0.1) is 17.3 Å². The Morgan fingerprint density at radius 2 is 1.87 bits per heavy atom. The molecule has 6 rings (SSSR count). The fourth-order valence-electron chi connectivity index (χ4n) is 6.57. The van der Waals surface area contributed by atoms with Crippen molar-refractivity contribution in [1.82, 2.24) is 19.6 Å². The van der Waals surface area contributed by atoms with Gasteiger partial charge in [-0.2, -0.15) is 10.4 Å². The second-order valence-electron chi connectivity index (χ2n) is 11.7. The van der Waals surface area contributed by atoms with Gasteiger partial charge in [0.2, 0.25) is 0 Å². The Morgan fingerprint density at radius 3 is 2.55 bits per heavy atom. The van der Waals surface area contributed by atoms with Crippen LogP contribution in [0.15, 0.2) is 61.3 Å². The Balaban J connectivity index is 1.15. The number of hydrogen-bond donors (Lipinski definition) is 0. The van der Waals surface area contributed by atoms with Crippen LogP contribution in [-0.4, -0.2) is 32.7 Å². The molecule has 0 N–H and O–H groups in total. The van der Waals surface area contributed by atoms with E-state index in [1.54, 1.807) is 6.20 Å². The van der Waals surface area contributed by atoms with E-state index >= 15 is 0 Å². The molecule has 0 amide bonds. The van der Waals surface area contributed by atoms with Gasteiger partial charge in [-0.25, -0.2) is 9.50 Å². The molecule has 6 nitrogen and oxygen atoms in total. The lowest BCUT2D eigenvalue weighted by Crippen LogP contribution is -2.22. The summed E-state index contributed by atoms with van der Waals surface area (Å²) in [5.74, 6) is 4.09. The molecule has 5 heterocycles. The van der Waals surface area contributed by atoms with Crippen molar-refractivity contribution in [3.63, 3.8) is 0 Å². The van der Waals surface area contributed by atoms with E-state index in [2.05, 4.69) is 65.4 Å². The minimum absolute atomic E-state index is 0.602. The number of aromatic nitrogens is 4. The molecule has 1 saturated carbocycles. The van der Waals surface area contributed by atoms with Crippen LogP contribution in [0, 0.1) is 35.0 Å². The Labute approximate surface area is 225 Å². The van der Waals surface area contributed by atoms with Gasteiger partial charge >= 0.3 is 0 Å². The molecule has 1 aliphatic carbocycles. The van der Waals surface area contributed by atoms with Crippen LogP contribution < -0.4 is 4.90 Å². The van der Waals surface area contributed by atoms with Crippen LogP contribution >= 0.6 is 0 Å². The highest BCUT2D eigenvalue weighted by molar-refractivity contribution is 5.84. The Hall–Kier alpha value is -3.72. The third-order valence-electron chi connectivity index (χ3n) is 8.59. The van der Waals surface area contributed by atoms with Crippen molar-refractivity contribution in [3.05, 3.63) is 78.0 Å². The summed E-state index contributed by atoms with van der Waals surface area (Å²) >= 11 is 0. The predicted molar refractivity (Wildman–Crippen MR) is 151 cm³/mol. The maximum Gasteiger partial charge on any atom is 0.128 e. The quantitative estimate of drug-likeness (QED) is 0.280. The first kappa shape index (κ1) is 24.6. The summed E-state index contributed by atoms with van der Waals surface area (Å²) in [7, 11) is 0. The zero-order valence-corrected chi connectivity index (χ0v) is 22.4. The van der Waals surface area contributed by atoms with Crippen molar-refractivity contribution in [1.29, 1.82) is 5.26 Å². The summed E-state index contributed by atoms with van der Waals surface area (Å²) in [4.78, 5) is 11.7. The SMILES string of the molecule is CC(C)CCc1cc(-c2ccc(N3CC4CC(CCc5cccnc5)CC4C3)nc2)c2c(C#N)cnn2c1. The van der Waals surface area contributed by atoms with E-state index in [4.69, 9.17) is 4.98 Å². The predicted octanol–water partition coefficient (Wildman–Crippen LogP) is 6.35. The zero-order valence-electron chi connectivity index (χ0n) is 22.4. The van der Waals surface area contributed by atoms with E-state index in [-0.39, 0.29) is 0 Å². The number of aryl methyl sites for hydroxylation is 2. The van der Waals surface area contributed by atoms with Gasteiger partial charge in [0.15, 0.2) is 0 Å². The van der Waals surface area contributed by atoms with Crippen molar-refractivity contribution in [2.24, 2.45) is 23.7 Å². The Bertz CT molecular complexity index is 1420. The molecule has 38 heavy (non-hydrogen) atoms. The molecule has 0 spiro atoms. The molecule has 4 aromatic rings. The molecule has 1 saturated heterocycles. The van der Waals surface area contributed by atoms with Gasteiger partial charge in [0.25, 0.3) is 0 Å². The molecule has 1 aliphatic heterocycles. The number of fused-ring (bicyclic) bond motifs is 2. The van der Waals surface area contributed by atoms with Crippen molar-refractivity contribution in [3.8, 4) is 17.2 Å². The van der Waals surface area contributed by atoms with Gasteiger partial charge in [-0.05, 0) is 97.6 Å². The summed E-state index contributed by atoms with van der Waals surface area (Å²) in [5, 5.41) is 14.2. The summed E-state index contributed by atoms with van der Waals surface area (Å²) in [5.41, 5.74) is 6.14. The minimum atomic E-state index is 0.602. The van der Waals surface area contributed by atoms with Gasteiger partial charge in [-0.1, -0.05) is 19.9 Å². The maximum absolute atomic E-state index is 9.69. The molecule has 0 radical (unpaired) electrons. The van der Waals surface area contributed by atoms with Crippen molar-refractivity contribution < 1.29 is 0 Å². The molecule has 2 aliphatic rings. The van der Waals surface area contributed by atoms with Crippen LogP contribution in [0.4, 0.5) is 5.82 Å². The van der Waals surface area contributed by atoms with Gasteiger partial charge < -0.3 is 4.90 Å². The topological polar surface area (TPSA) is 70.1 Å². The highest BCUT2D eigenvalue weighted by atomic mass is 15.2. The van der Waals surface area contributed by atoms with Crippen LogP contribution in [0.5, 0.6) is 0 Å². The summed E-state index contributed by atoms with van der Waals surface area (Å²) < 4.78 is 1.86. The molecule has 6 heteroatoms. The van der Waals surface area contributed by atoms with Gasteiger partial charge in [-0.15, -0.1) is 0 Å². The Morgan fingerprint density at radius 1 is 1.03 bits per heavy atom. The molecule has 2 atom stereocenters. The van der Waals surface area contributed by atoms with E-state index in [1.807, 2.05) is 29.2 Å².